The van der Waals surface area contributed by atoms with Crippen LogP contribution < -0.4 is 14.8 Å². The molecule has 0 aromatic heterocycles. The second kappa shape index (κ2) is 8.42. The van der Waals surface area contributed by atoms with Crippen molar-refractivity contribution in [2.75, 3.05) is 11.3 Å². The van der Waals surface area contributed by atoms with Crippen molar-refractivity contribution in [3.05, 3.63) is 53.1 Å². The third-order valence-electron chi connectivity index (χ3n) is 3.38. The molecule has 0 radical (unpaired) electrons. The number of hydrogen-bond donors (Lipinski definition) is 2. The average Bonchev–Trinajstić information content (AvgIpc) is 2.56. The van der Waals surface area contributed by atoms with Crippen molar-refractivity contribution >= 4 is 33.2 Å². The lowest BCUT2D eigenvalue weighted by molar-refractivity contribution is -0.123. The molecule has 0 bridgehead atoms. The number of carbonyl (C=O) groups is 1. The van der Waals surface area contributed by atoms with Gasteiger partial charge in [0, 0.05) is 11.1 Å². The molecule has 0 atom stereocenters. The molecule has 8 heteroatoms. The van der Waals surface area contributed by atoms with Gasteiger partial charge in [-0.25, -0.2) is 8.42 Å². The fourth-order valence-electron chi connectivity index (χ4n) is 2.10. The first-order valence-electron chi connectivity index (χ1n) is 7.98. The molecule has 140 valence electrons. The van der Waals surface area contributed by atoms with E-state index in [1.54, 1.807) is 18.2 Å². The van der Waals surface area contributed by atoms with Gasteiger partial charge in [0.2, 0.25) is 0 Å². The van der Waals surface area contributed by atoms with E-state index in [4.69, 9.17) is 16.3 Å². The van der Waals surface area contributed by atoms with E-state index >= 15 is 0 Å². The third-order valence-corrected chi connectivity index (χ3v) is 5.18. The summed E-state index contributed by atoms with van der Waals surface area (Å²) < 4.78 is 32.7. The molecule has 0 heterocycles. The lowest BCUT2D eigenvalue weighted by Crippen LogP contribution is -2.34. The largest absolute Gasteiger partial charge is 0.484 e. The second-order valence-corrected chi connectivity index (χ2v) is 8.14. The van der Waals surface area contributed by atoms with Gasteiger partial charge in [-0.2, -0.15) is 0 Å². The summed E-state index contributed by atoms with van der Waals surface area (Å²) in [6, 6.07) is 10.8. The Morgan fingerprint density at radius 1 is 1.15 bits per heavy atom. The fraction of sp³-hybridized carbons (Fsp3) is 0.278. The number of aryl methyl sites for hydroxylation is 1. The van der Waals surface area contributed by atoms with Gasteiger partial charge in [-0.1, -0.05) is 17.7 Å². The smallest absolute Gasteiger partial charge is 0.261 e. The van der Waals surface area contributed by atoms with E-state index in [0.717, 1.165) is 5.56 Å². The van der Waals surface area contributed by atoms with E-state index in [2.05, 4.69) is 10.0 Å². The Morgan fingerprint density at radius 2 is 1.81 bits per heavy atom. The van der Waals surface area contributed by atoms with E-state index in [-0.39, 0.29) is 23.5 Å². The molecule has 0 fully saturated rings. The molecule has 2 aromatic rings. The van der Waals surface area contributed by atoms with Crippen molar-refractivity contribution in [2.45, 2.75) is 31.7 Å². The molecule has 1 amide bonds. The van der Waals surface area contributed by atoms with Gasteiger partial charge >= 0.3 is 0 Å². The average molecular weight is 397 g/mol. The summed E-state index contributed by atoms with van der Waals surface area (Å²) in [5, 5.41) is 3.18. The summed E-state index contributed by atoms with van der Waals surface area (Å²) in [6.07, 6.45) is 0. The normalized spacial score (nSPS) is 11.3. The summed E-state index contributed by atoms with van der Waals surface area (Å²) in [5.74, 6) is 0.163. The highest BCUT2D eigenvalue weighted by Gasteiger charge is 2.15. The molecule has 0 aliphatic heterocycles. The molecule has 0 spiro atoms. The zero-order valence-electron chi connectivity index (χ0n) is 14.7. The topological polar surface area (TPSA) is 84.5 Å². The Hall–Kier alpha value is -2.25. The quantitative estimate of drug-likeness (QED) is 0.751. The molecule has 2 N–H and O–H groups in total. The maximum absolute atomic E-state index is 12.4. The molecule has 6 nitrogen and oxygen atoms in total. The van der Waals surface area contributed by atoms with Gasteiger partial charge in [0.15, 0.2) is 6.61 Å². The van der Waals surface area contributed by atoms with Crippen LogP contribution in [0.5, 0.6) is 5.75 Å². The van der Waals surface area contributed by atoms with Crippen LogP contribution in [0.4, 0.5) is 5.69 Å². The van der Waals surface area contributed by atoms with Crippen LogP contribution in [0.15, 0.2) is 47.4 Å². The van der Waals surface area contributed by atoms with Crippen molar-refractivity contribution in [3.63, 3.8) is 0 Å². The molecule has 0 aliphatic rings. The first-order chi connectivity index (χ1) is 12.2. The van der Waals surface area contributed by atoms with Crippen LogP contribution in [0.3, 0.4) is 0 Å². The minimum absolute atomic E-state index is 0.0278. The first kappa shape index (κ1) is 20.1. The maximum atomic E-state index is 12.4. The Morgan fingerprint density at radius 3 is 2.38 bits per heavy atom. The highest BCUT2D eigenvalue weighted by atomic mass is 35.5. The molecule has 2 rings (SSSR count). The Labute approximate surface area is 158 Å². The Balaban J connectivity index is 2.04. The molecule has 26 heavy (non-hydrogen) atoms. The van der Waals surface area contributed by atoms with Crippen molar-refractivity contribution in [1.82, 2.24) is 5.32 Å². The SMILES string of the molecule is Cc1ccc(NS(=O)(=O)c2ccc(OCC(=O)NC(C)C)cc2)cc1Cl. The van der Waals surface area contributed by atoms with Crippen molar-refractivity contribution < 1.29 is 17.9 Å². The molecule has 0 saturated heterocycles. The summed E-state index contributed by atoms with van der Waals surface area (Å²) in [7, 11) is -3.75. The van der Waals surface area contributed by atoms with Gasteiger partial charge in [-0.3, -0.25) is 9.52 Å². The van der Waals surface area contributed by atoms with Crippen molar-refractivity contribution in [1.29, 1.82) is 0 Å². The number of halogens is 1. The van der Waals surface area contributed by atoms with Crippen LogP contribution in [-0.4, -0.2) is 27.0 Å². The van der Waals surface area contributed by atoms with Gasteiger partial charge in [0.1, 0.15) is 5.75 Å². The Kier molecular flexibility index (Phi) is 6.50. The number of anilines is 1. The van der Waals surface area contributed by atoms with E-state index in [1.807, 2.05) is 20.8 Å². The number of nitrogens with one attached hydrogen (secondary N) is 2. The standard InChI is InChI=1S/C18H21ClN2O4S/c1-12(2)20-18(22)11-25-15-6-8-16(9-7-15)26(23,24)21-14-5-4-13(3)17(19)10-14/h4-10,12,21H,11H2,1-3H3,(H,20,22). The second-order valence-electron chi connectivity index (χ2n) is 6.05. The van der Waals surface area contributed by atoms with E-state index in [9.17, 15) is 13.2 Å². The number of ether oxygens (including phenoxy) is 1. The molecular weight excluding hydrogens is 376 g/mol. The molecular formula is C18H21ClN2O4S. The number of amides is 1. The van der Waals surface area contributed by atoms with E-state index < -0.39 is 10.0 Å². The van der Waals surface area contributed by atoms with Crippen LogP contribution in [-0.2, 0) is 14.8 Å². The molecule has 0 aliphatic carbocycles. The van der Waals surface area contributed by atoms with Crippen LogP contribution in [0.2, 0.25) is 5.02 Å². The summed E-state index contributed by atoms with van der Waals surface area (Å²) in [4.78, 5) is 11.6. The zero-order chi connectivity index (χ0) is 19.3. The molecule has 2 aromatic carbocycles. The van der Waals surface area contributed by atoms with Crippen LogP contribution >= 0.6 is 11.6 Å². The summed E-state index contributed by atoms with van der Waals surface area (Å²) in [6.45, 7) is 5.41. The summed E-state index contributed by atoms with van der Waals surface area (Å²) >= 11 is 6.02. The Bertz CT molecular complexity index is 881. The minimum atomic E-state index is -3.75. The van der Waals surface area contributed by atoms with Crippen molar-refractivity contribution in [2.24, 2.45) is 0 Å². The van der Waals surface area contributed by atoms with Crippen LogP contribution in [0, 0.1) is 6.92 Å². The lowest BCUT2D eigenvalue weighted by atomic mass is 10.2. The lowest BCUT2D eigenvalue weighted by Gasteiger charge is -2.11. The van der Waals surface area contributed by atoms with Crippen LogP contribution in [0.1, 0.15) is 19.4 Å². The highest BCUT2D eigenvalue weighted by molar-refractivity contribution is 7.92. The third kappa shape index (κ3) is 5.64. The van der Waals surface area contributed by atoms with Gasteiger partial charge in [0.25, 0.3) is 15.9 Å². The fourth-order valence-corrected chi connectivity index (χ4v) is 3.33. The number of rotatable bonds is 7. The van der Waals surface area contributed by atoms with Crippen LogP contribution in [0.25, 0.3) is 0 Å². The van der Waals surface area contributed by atoms with Crippen molar-refractivity contribution in [3.8, 4) is 5.75 Å². The van der Waals surface area contributed by atoms with E-state index in [0.29, 0.717) is 16.5 Å². The van der Waals surface area contributed by atoms with Gasteiger partial charge in [0.05, 0.1) is 10.6 Å². The number of carbonyl (C=O) groups excluding carboxylic acids is 1. The monoisotopic (exact) mass is 396 g/mol. The zero-order valence-corrected chi connectivity index (χ0v) is 16.3. The minimum Gasteiger partial charge on any atom is -0.484 e. The van der Waals surface area contributed by atoms with Gasteiger partial charge in [-0.05, 0) is 62.7 Å². The number of benzene rings is 2. The molecule has 0 saturated carbocycles. The predicted octanol–water partition coefficient (Wildman–Crippen LogP) is 3.35. The van der Waals surface area contributed by atoms with Gasteiger partial charge in [-0.15, -0.1) is 0 Å². The number of sulfonamides is 1. The highest BCUT2D eigenvalue weighted by Crippen LogP contribution is 2.23. The maximum Gasteiger partial charge on any atom is 0.261 e. The predicted molar refractivity (Wildman–Crippen MR) is 102 cm³/mol. The first-order valence-corrected chi connectivity index (χ1v) is 9.84. The van der Waals surface area contributed by atoms with E-state index in [1.165, 1.54) is 24.3 Å². The summed E-state index contributed by atoms with van der Waals surface area (Å²) in [5.41, 5.74) is 1.24. The van der Waals surface area contributed by atoms with Gasteiger partial charge < -0.3 is 10.1 Å². The molecule has 0 unspecified atom stereocenters. The number of hydrogen-bond acceptors (Lipinski definition) is 4.